The number of methoxy groups -OCH3 is 1. The van der Waals surface area contributed by atoms with Gasteiger partial charge in [-0.15, -0.1) is 0 Å². The molecule has 0 aromatic carbocycles. The molecule has 1 aromatic rings. The van der Waals surface area contributed by atoms with Crippen LogP contribution in [-0.2, 0) is 9.53 Å². The van der Waals surface area contributed by atoms with Crippen molar-refractivity contribution >= 4 is 5.91 Å². The Labute approximate surface area is 137 Å². The summed E-state index contributed by atoms with van der Waals surface area (Å²) in [6, 6.07) is 0. The first-order valence-corrected chi connectivity index (χ1v) is 8.63. The molecule has 23 heavy (non-hydrogen) atoms. The molecule has 1 aliphatic carbocycles. The molecule has 128 valence electrons. The minimum Gasteiger partial charge on any atom is -0.379 e. The number of carbonyl (C=O) groups excluding carboxylic acids is 1. The largest absolute Gasteiger partial charge is 0.379 e. The minimum absolute atomic E-state index is 0.0613. The maximum Gasteiger partial charge on any atom is 0.234 e. The third kappa shape index (κ3) is 4.29. The number of H-pyrrole nitrogens is 1. The number of aromatic amines is 1. The molecule has 1 saturated heterocycles. The standard InChI is InChI=1S/C16H27N5O2/c1-23-15-10-21(9-13(15)14-8-18-20-19-14)11-16(22)17-7-12-5-3-2-4-6-12/h8,12-13,15H,2-7,9-11H2,1H3,(H,17,22)(H,18,19,20)/t13-,15+/m0/s1. The topological polar surface area (TPSA) is 83.1 Å². The first-order chi connectivity index (χ1) is 11.3. The van der Waals surface area contributed by atoms with Gasteiger partial charge in [0, 0.05) is 32.7 Å². The first kappa shape index (κ1) is 16.4. The second-order valence-electron chi connectivity index (χ2n) is 6.78. The zero-order valence-corrected chi connectivity index (χ0v) is 13.8. The second-order valence-corrected chi connectivity index (χ2v) is 6.78. The number of hydrogen-bond acceptors (Lipinski definition) is 5. The summed E-state index contributed by atoms with van der Waals surface area (Å²) < 4.78 is 5.56. The molecule has 7 nitrogen and oxygen atoms in total. The fourth-order valence-corrected chi connectivity index (χ4v) is 3.80. The second kappa shape index (κ2) is 7.88. The maximum absolute atomic E-state index is 12.2. The molecule has 0 bridgehead atoms. The van der Waals surface area contributed by atoms with Gasteiger partial charge in [-0.1, -0.05) is 19.3 Å². The number of aromatic nitrogens is 3. The summed E-state index contributed by atoms with van der Waals surface area (Å²) in [6.07, 6.45) is 8.27. The molecule has 1 aromatic heterocycles. The van der Waals surface area contributed by atoms with Crippen LogP contribution in [-0.4, -0.2) is 65.6 Å². The zero-order valence-electron chi connectivity index (χ0n) is 13.8. The maximum atomic E-state index is 12.2. The summed E-state index contributed by atoms with van der Waals surface area (Å²) in [4.78, 5) is 14.3. The Kier molecular flexibility index (Phi) is 5.61. The summed E-state index contributed by atoms with van der Waals surface area (Å²) in [6.45, 7) is 2.79. The van der Waals surface area contributed by atoms with E-state index in [4.69, 9.17) is 4.74 Å². The molecule has 2 fully saturated rings. The molecule has 0 unspecified atom stereocenters. The number of nitrogens with zero attached hydrogens (tertiary/aromatic N) is 3. The normalized spacial score (nSPS) is 26.5. The fraction of sp³-hybridized carbons (Fsp3) is 0.812. The molecule has 2 N–H and O–H groups in total. The summed E-state index contributed by atoms with van der Waals surface area (Å²) in [5.41, 5.74) is 0.905. The molecular formula is C16H27N5O2. The van der Waals surface area contributed by atoms with Gasteiger partial charge in [-0.2, -0.15) is 15.4 Å². The predicted octanol–water partition coefficient (Wildman–Crippen LogP) is 0.915. The van der Waals surface area contributed by atoms with E-state index in [1.807, 2.05) is 0 Å². The van der Waals surface area contributed by atoms with Crippen molar-refractivity contribution in [2.45, 2.75) is 44.1 Å². The lowest BCUT2D eigenvalue weighted by atomic mass is 9.89. The van der Waals surface area contributed by atoms with Crippen molar-refractivity contribution < 1.29 is 9.53 Å². The van der Waals surface area contributed by atoms with Crippen molar-refractivity contribution in [1.82, 2.24) is 25.6 Å². The number of carbonyl (C=O) groups is 1. The molecule has 7 heteroatoms. The molecular weight excluding hydrogens is 294 g/mol. The third-order valence-corrected chi connectivity index (χ3v) is 5.14. The van der Waals surface area contributed by atoms with E-state index in [0.29, 0.717) is 12.5 Å². The molecule has 3 rings (SSSR count). The number of rotatable bonds is 6. The van der Waals surface area contributed by atoms with Crippen molar-refractivity contribution in [2.24, 2.45) is 5.92 Å². The van der Waals surface area contributed by atoms with Crippen LogP contribution in [0, 0.1) is 5.92 Å². The number of ether oxygens (including phenoxy) is 1. The van der Waals surface area contributed by atoms with Gasteiger partial charge in [-0.3, -0.25) is 9.69 Å². The van der Waals surface area contributed by atoms with Crippen LogP contribution in [0.25, 0.3) is 0 Å². The predicted molar refractivity (Wildman–Crippen MR) is 85.9 cm³/mol. The first-order valence-electron chi connectivity index (χ1n) is 8.63. The van der Waals surface area contributed by atoms with Gasteiger partial charge in [0.25, 0.3) is 0 Å². The average molecular weight is 321 g/mol. The van der Waals surface area contributed by atoms with Crippen LogP contribution in [0.4, 0.5) is 0 Å². The highest BCUT2D eigenvalue weighted by Gasteiger charge is 2.36. The molecule has 2 heterocycles. The van der Waals surface area contributed by atoms with E-state index in [-0.39, 0.29) is 17.9 Å². The van der Waals surface area contributed by atoms with Crippen LogP contribution in [0.1, 0.15) is 43.7 Å². The van der Waals surface area contributed by atoms with E-state index in [9.17, 15) is 4.79 Å². The zero-order chi connectivity index (χ0) is 16.1. The summed E-state index contributed by atoms with van der Waals surface area (Å²) in [5.74, 6) is 0.956. The van der Waals surface area contributed by atoms with E-state index in [2.05, 4.69) is 25.6 Å². The Hall–Kier alpha value is -1.47. The van der Waals surface area contributed by atoms with Crippen LogP contribution in [0.15, 0.2) is 6.20 Å². The number of amides is 1. The van der Waals surface area contributed by atoms with Gasteiger partial charge in [0.05, 0.1) is 24.5 Å². The fourth-order valence-electron chi connectivity index (χ4n) is 3.80. The smallest absolute Gasteiger partial charge is 0.234 e. The Bertz CT molecular complexity index is 487. The van der Waals surface area contributed by atoms with Gasteiger partial charge in [-0.05, 0) is 18.8 Å². The Morgan fingerprint density at radius 3 is 2.91 bits per heavy atom. The van der Waals surface area contributed by atoms with E-state index in [1.54, 1.807) is 13.3 Å². The quantitative estimate of drug-likeness (QED) is 0.814. The number of nitrogens with one attached hydrogen (secondary N) is 2. The van der Waals surface area contributed by atoms with Gasteiger partial charge in [0.15, 0.2) is 0 Å². The number of likely N-dealkylation sites (tertiary alicyclic amines) is 1. The summed E-state index contributed by atoms with van der Waals surface area (Å²) in [7, 11) is 1.71. The van der Waals surface area contributed by atoms with E-state index >= 15 is 0 Å². The van der Waals surface area contributed by atoms with Crippen molar-refractivity contribution in [3.05, 3.63) is 11.9 Å². The highest BCUT2D eigenvalue weighted by atomic mass is 16.5. The number of hydrogen-bond donors (Lipinski definition) is 2. The van der Waals surface area contributed by atoms with Crippen molar-refractivity contribution in [1.29, 1.82) is 0 Å². The molecule has 0 spiro atoms. The van der Waals surface area contributed by atoms with Gasteiger partial charge in [-0.25, -0.2) is 0 Å². The van der Waals surface area contributed by atoms with E-state index in [0.717, 1.165) is 25.3 Å². The monoisotopic (exact) mass is 321 g/mol. The van der Waals surface area contributed by atoms with Crippen molar-refractivity contribution in [3.8, 4) is 0 Å². The molecule has 0 radical (unpaired) electrons. The summed E-state index contributed by atoms with van der Waals surface area (Å²) >= 11 is 0. The molecule has 1 aliphatic heterocycles. The highest BCUT2D eigenvalue weighted by molar-refractivity contribution is 5.78. The SMILES string of the molecule is CO[C@@H]1CN(CC(=O)NCC2CCCCC2)C[C@H]1c1cn[nH]n1. The third-order valence-electron chi connectivity index (χ3n) is 5.14. The van der Waals surface area contributed by atoms with Crippen LogP contribution in [0.3, 0.4) is 0 Å². The van der Waals surface area contributed by atoms with E-state index in [1.165, 1.54) is 32.1 Å². The van der Waals surface area contributed by atoms with Crippen LogP contribution < -0.4 is 5.32 Å². The van der Waals surface area contributed by atoms with Crippen LogP contribution in [0.5, 0.6) is 0 Å². The van der Waals surface area contributed by atoms with Crippen LogP contribution >= 0.6 is 0 Å². The van der Waals surface area contributed by atoms with Crippen molar-refractivity contribution in [2.75, 3.05) is 33.3 Å². The Morgan fingerprint density at radius 2 is 2.22 bits per heavy atom. The molecule has 1 amide bonds. The van der Waals surface area contributed by atoms with Gasteiger partial charge in [0.1, 0.15) is 0 Å². The van der Waals surface area contributed by atoms with Gasteiger partial charge < -0.3 is 10.1 Å². The van der Waals surface area contributed by atoms with E-state index < -0.39 is 0 Å². The lowest BCUT2D eigenvalue weighted by Gasteiger charge is -2.22. The van der Waals surface area contributed by atoms with Crippen LogP contribution in [0.2, 0.25) is 0 Å². The Balaban J connectivity index is 1.45. The van der Waals surface area contributed by atoms with Gasteiger partial charge >= 0.3 is 0 Å². The Morgan fingerprint density at radius 1 is 1.39 bits per heavy atom. The van der Waals surface area contributed by atoms with Gasteiger partial charge in [0.2, 0.25) is 5.91 Å². The lowest BCUT2D eigenvalue weighted by molar-refractivity contribution is -0.122. The lowest BCUT2D eigenvalue weighted by Crippen LogP contribution is -2.39. The van der Waals surface area contributed by atoms with Crippen molar-refractivity contribution in [3.63, 3.8) is 0 Å². The highest BCUT2D eigenvalue weighted by Crippen LogP contribution is 2.27. The molecule has 2 aliphatic rings. The molecule has 2 atom stereocenters. The minimum atomic E-state index is 0.0613. The summed E-state index contributed by atoms with van der Waals surface area (Å²) in [5, 5.41) is 13.8. The molecule has 1 saturated carbocycles. The average Bonchev–Trinajstić information content (AvgIpc) is 3.23.